The molecule has 0 bridgehead atoms. The van der Waals surface area contributed by atoms with Crippen molar-refractivity contribution in [1.29, 1.82) is 5.26 Å². The highest BCUT2D eigenvalue weighted by Crippen LogP contribution is 2.20. The lowest BCUT2D eigenvalue weighted by atomic mass is 9.95. The Balaban J connectivity index is 2.02. The number of hydrogen-bond acceptors (Lipinski definition) is 3. The van der Waals surface area contributed by atoms with Crippen LogP contribution in [-0.2, 0) is 4.79 Å². The Bertz CT molecular complexity index is 518. The third kappa shape index (κ3) is 3.93. The molecule has 0 saturated heterocycles. The van der Waals surface area contributed by atoms with Crippen LogP contribution in [0.3, 0.4) is 0 Å². The normalized spacial score (nSPS) is 16.9. The van der Waals surface area contributed by atoms with Gasteiger partial charge in [0.2, 0.25) is 0 Å². The molecule has 0 radical (unpaired) electrons. The summed E-state index contributed by atoms with van der Waals surface area (Å²) in [6, 6.07) is 6.17. The first kappa shape index (κ1) is 13.8. The van der Waals surface area contributed by atoms with Gasteiger partial charge in [0.15, 0.2) is 0 Å². The number of amides is 1. The molecule has 1 heterocycles. The van der Waals surface area contributed by atoms with E-state index in [9.17, 15) is 4.79 Å². The molecule has 1 aromatic heterocycles. The van der Waals surface area contributed by atoms with E-state index in [1.165, 1.54) is 24.1 Å². The van der Waals surface area contributed by atoms with Crippen molar-refractivity contribution in [3.8, 4) is 6.07 Å². The summed E-state index contributed by atoms with van der Waals surface area (Å²) in [6.45, 7) is 2.01. The average Bonchev–Trinajstić information content (AvgIpc) is 2.82. The van der Waals surface area contributed by atoms with Gasteiger partial charge in [0.1, 0.15) is 11.6 Å². The molecular formula is C15H18N2OS. The number of nitriles is 1. The third-order valence-corrected chi connectivity index (χ3v) is 4.30. The van der Waals surface area contributed by atoms with Crippen molar-refractivity contribution in [3.05, 3.63) is 27.5 Å². The van der Waals surface area contributed by atoms with Crippen molar-refractivity contribution < 1.29 is 4.79 Å². The third-order valence-electron chi connectivity index (χ3n) is 3.35. The van der Waals surface area contributed by atoms with Gasteiger partial charge in [-0.05, 0) is 38.0 Å². The van der Waals surface area contributed by atoms with Crippen LogP contribution in [0.1, 0.15) is 41.9 Å². The number of carbonyl (C=O) groups excluding carboxylic acids is 1. The van der Waals surface area contributed by atoms with Crippen LogP contribution in [0, 0.1) is 18.3 Å². The summed E-state index contributed by atoms with van der Waals surface area (Å²) in [5.74, 6) is -0.236. The van der Waals surface area contributed by atoms with Crippen molar-refractivity contribution in [2.75, 3.05) is 0 Å². The van der Waals surface area contributed by atoms with E-state index >= 15 is 0 Å². The van der Waals surface area contributed by atoms with Gasteiger partial charge in [-0.15, -0.1) is 11.3 Å². The first-order chi connectivity index (χ1) is 9.19. The van der Waals surface area contributed by atoms with Crippen LogP contribution >= 0.6 is 11.3 Å². The zero-order valence-electron chi connectivity index (χ0n) is 11.1. The maximum absolute atomic E-state index is 12.1. The molecular weight excluding hydrogens is 256 g/mol. The summed E-state index contributed by atoms with van der Waals surface area (Å²) in [4.78, 5) is 14.2. The van der Waals surface area contributed by atoms with Crippen molar-refractivity contribution in [1.82, 2.24) is 5.32 Å². The Kier molecular flexibility index (Phi) is 4.75. The van der Waals surface area contributed by atoms with Gasteiger partial charge >= 0.3 is 0 Å². The van der Waals surface area contributed by atoms with Crippen LogP contribution < -0.4 is 5.32 Å². The standard InChI is InChI=1S/C15H18N2OS/c1-11-7-8-14(19-11)9-12(10-16)15(18)17-13-5-3-2-4-6-13/h7-9,13H,2-6H2,1H3,(H,17,18). The van der Waals surface area contributed by atoms with Crippen molar-refractivity contribution in [2.45, 2.75) is 45.1 Å². The molecule has 1 aliphatic rings. The maximum atomic E-state index is 12.1. The highest BCUT2D eigenvalue weighted by molar-refractivity contribution is 7.12. The summed E-state index contributed by atoms with van der Waals surface area (Å²) in [6.07, 6.45) is 7.32. The zero-order chi connectivity index (χ0) is 13.7. The van der Waals surface area contributed by atoms with E-state index in [1.807, 2.05) is 25.1 Å². The Morgan fingerprint density at radius 3 is 2.74 bits per heavy atom. The van der Waals surface area contributed by atoms with E-state index in [-0.39, 0.29) is 17.5 Å². The van der Waals surface area contributed by atoms with Crippen LogP contribution in [0.4, 0.5) is 0 Å². The Morgan fingerprint density at radius 2 is 2.16 bits per heavy atom. The molecule has 1 aromatic rings. The highest BCUT2D eigenvalue weighted by atomic mass is 32.1. The minimum absolute atomic E-state index is 0.201. The van der Waals surface area contributed by atoms with E-state index in [0.29, 0.717) is 0 Å². The van der Waals surface area contributed by atoms with Gasteiger partial charge < -0.3 is 5.32 Å². The van der Waals surface area contributed by atoms with Crippen LogP contribution in [-0.4, -0.2) is 11.9 Å². The summed E-state index contributed by atoms with van der Waals surface area (Å²) in [5, 5.41) is 12.1. The molecule has 1 N–H and O–H groups in total. The quantitative estimate of drug-likeness (QED) is 0.678. The summed E-state index contributed by atoms with van der Waals surface area (Å²) in [7, 11) is 0. The molecule has 3 nitrogen and oxygen atoms in total. The van der Waals surface area contributed by atoms with Crippen molar-refractivity contribution in [3.63, 3.8) is 0 Å². The number of thiophene rings is 1. The topological polar surface area (TPSA) is 52.9 Å². The number of aryl methyl sites for hydroxylation is 1. The smallest absolute Gasteiger partial charge is 0.262 e. The molecule has 1 amide bonds. The van der Waals surface area contributed by atoms with Gasteiger partial charge in [0.25, 0.3) is 5.91 Å². The molecule has 1 saturated carbocycles. The summed E-state index contributed by atoms with van der Waals surface area (Å²) < 4.78 is 0. The molecule has 1 aliphatic carbocycles. The van der Waals surface area contributed by atoms with Crippen LogP contribution in [0.5, 0.6) is 0 Å². The number of nitrogens with one attached hydrogen (secondary N) is 1. The summed E-state index contributed by atoms with van der Waals surface area (Å²) >= 11 is 1.59. The molecule has 1 fully saturated rings. The van der Waals surface area contributed by atoms with Crippen molar-refractivity contribution >= 4 is 23.3 Å². The van der Waals surface area contributed by atoms with Crippen LogP contribution in [0.2, 0.25) is 0 Å². The largest absolute Gasteiger partial charge is 0.349 e. The highest BCUT2D eigenvalue weighted by Gasteiger charge is 2.18. The average molecular weight is 274 g/mol. The second-order valence-electron chi connectivity index (χ2n) is 4.93. The van der Waals surface area contributed by atoms with E-state index < -0.39 is 0 Å². The fraction of sp³-hybridized carbons (Fsp3) is 0.467. The van der Waals surface area contributed by atoms with E-state index in [1.54, 1.807) is 17.4 Å². The summed E-state index contributed by atoms with van der Waals surface area (Å²) in [5.41, 5.74) is 0.201. The molecule has 0 spiro atoms. The Morgan fingerprint density at radius 1 is 1.42 bits per heavy atom. The van der Waals surface area contributed by atoms with E-state index in [4.69, 9.17) is 5.26 Å². The maximum Gasteiger partial charge on any atom is 0.262 e. The lowest BCUT2D eigenvalue weighted by Crippen LogP contribution is -2.36. The van der Waals surface area contributed by atoms with Gasteiger partial charge in [-0.25, -0.2) is 0 Å². The molecule has 0 unspecified atom stereocenters. The lowest BCUT2D eigenvalue weighted by molar-refractivity contribution is -0.117. The lowest BCUT2D eigenvalue weighted by Gasteiger charge is -2.22. The van der Waals surface area contributed by atoms with Crippen LogP contribution in [0.15, 0.2) is 17.7 Å². The zero-order valence-corrected chi connectivity index (χ0v) is 11.9. The van der Waals surface area contributed by atoms with Crippen molar-refractivity contribution in [2.24, 2.45) is 0 Å². The molecule has 2 rings (SSSR count). The predicted octanol–water partition coefficient (Wildman–Crippen LogP) is 3.41. The molecule has 0 aromatic carbocycles. The second kappa shape index (κ2) is 6.53. The number of carbonyl (C=O) groups is 1. The molecule has 0 aliphatic heterocycles. The molecule has 0 atom stereocenters. The van der Waals surface area contributed by atoms with Gasteiger partial charge in [0, 0.05) is 15.8 Å². The van der Waals surface area contributed by atoms with E-state index in [0.717, 1.165) is 17.7 Å². The van der Waals surface area contributed by atoms with E-state index in [2.05, 4.69) is 5.32 Å². The molecule has 100 valence electrons. The second-order valence-corrected chi connectivity index (χ2v) is 6.25. The SMILES string of the molecule is Cc1ccc(C=C(C#N)C(=O)NC2CCCCC2)s1. The first-order valence-corrected chi connectivity index (χ1v) is 7.50. The van der Waals surface area contributed by atoms with Crippen LogP contribution in [0.25, 0.3) is 6.08 Å². The molecule has 19 heavy (non-hydrogen) atoms. The minimum Gasteiger partial charge on any atom is -0.349 e. The minimum atomic E-state index is -0.236. The van der Waals surface area contributed by atoms with Gasteiger partial charge in [-0.1, -0.05) is 19.3 Å². The van der Waals surface area contributed by atoms with Gasteiger partial charge in [-0.2, -0.15) is 5.26 Å². The number of rotatable bonds is 3. The fourth-order valence-corrected chi connectivity index (χ4v) is 3.15. The number of hydrogen-bond donors (Lipinski definition) is 1. The molecule has 4 heteroatoms. The van der Waals surface area contributed by atoms with Gasteiger partial charge in [-0.3, -0.25) is 4.79 Å². The Hall–Kier alpha value is -1.60. The first-order valence-electron chi connectivity index (χ1n) is 6.68. The predicted molar refractivity (Wildman–Crippen MR) is 77.7 cm³/mol. The fourth-order valence-electron chi connectivity index (χ4n) is 2.33. The van der Waals surface area contributed by atoms with Gasteiger partial charge in [0.05, 0.1) is 0 Å². The Labute approximate surface area is 117 Å². The monoisotopic (exact) mass is 274 g/mol. The number of nitrogens with zero attached hydrogens (tertiary/aromatic N) is 1.